The van der Waals surface area contributed by atoms with Crippen molar-refractivity contribution in [2.24, 2.45) is 5.92 Å². The monoisotopic (exact) mass is 337 g/mol. The van der Waals surface area contributed by atoms with Gasteiger partial charge in [-0.15, -0.1) is 11.8 Å². The van der Waals surface area contributed by atoms with Crippen molar-refractivity contribution in [3.05, 3.63) is 18.2 Å². The van der Waals surface area contributed by atoms with E-state index >= 15 is 0 Å². The lowest BCUT2D eigenvalue weighted by atomic mass is 10.0. The quantitative estimate of drug-likeness (QED) is 0.787. The Morgan fingerprint density at radius 2 is 2.04 bits per heavy atom. The second-order valence-electron chi connectivity index (χ2n) is 6.63. The molecule has 1 saturated heterocycles. The van der Waals surface area contributed by atoms with Gasteiger partial charge in [0.25, 0.3) is 0 Å². The minimum absolute atomic E-state index is 0.138. The topological polar surface area (TPSA) is 72.4 Å². The number of carbonyl (C=O) groups is 2. The molecule has 0 N–H and O–H groups in total. The van der Waals surface area contributed by atoms with Crippen molar-refractivity contribution >= 4 is 23.8 Å². The molecule has 1 aromatic rings. The second-order valence-corrected chi connectivity index (χ2v) is 7.51. The Kier molecular flexibility index (Phi) is 5.62. The van der Waals surface area contributed by atoms with E-state index in [-0.39, 0.29) is 11.8 Å². The second kappa shape index (κ2) is 7.29. The predicted octanol–water partition coefficient (Wildman–Crippen LogP) is 2.91. The molecule has 0 bridgehead atoms. The maximum Gasteiger partial charge on any atom is 0.417 e. The van der Waals surface area contributed by atoms with E-state index in [1.807, 2.05) is 6.26 Å². The number of nitrogens with zero attached hydrogens (tertiary/aromatic N) is 3. The average Bonchev–Trinajstić information content (AvgIpc) is 2.85. The van der Waals surface area contributed by atoms with Crippen LogP contribution in [0.15, 0.2) is 17.3 Å². The van der Waals surface area contributed by atoms with Crippen LogP contribution in [-0.4, -0.2) is 45.3 Å². The van der Waals surface area contributed by atoms with Gasteiger partial charge >= 0.3 is 6.09 Å². The lowest BCUT2D eigenvalue weighted by Gasteiger charge is -2.23. The smallest absolute Gasteiger partial charge is 0.417 e. The third-order valence-corrected chi connectivity index (χ3v) is 4.19. The van der Waals surface area contributed by atoms with Gasteiger partial charge in [0.15, 0.2) is 0 Å². The van der Waals surface area contributed by atoms with Gasteiger partial charge in [-0.05, 0) is 39.4 Å². The Balaban J connectivity index is 1.86. The maximum absolute atomic E-state index is 12.0. The molecule has 126 valence electrons. The van der Waals surface area contributed by atoms with E-state index in [0.717, 1.165) is 17.1 Å². The fourth-order valence-electron chi connectivity index (χ4n) is 2.38. The molecular formula is C16H23N3O3S. The Morgan fingerprint density at radius 1 is 1.39 bits per heavy atom. The summed E-state index contributed by atoms with van der Waals surface area (Å²) in [6.45, 7) is 5.78. The van der Waals surface area contributed by atoms with Crippen LogP contribution >= 0.6 is 11.8 Å². The number of carbonyl (C=O) groups excluding carboxylic acids is 2. The maximum atomic E-state index is 12.0. The standard InChI is InChI=1S/C16H23N3O3S/c1-16(2,3)22-15(21)19-10-11(7-14(19)20)5-6-13-17-8-12(23-4)9-18-13/h8-9,11H,5-7,10H2,1-4H3. The van der Waals surface area contributed by atoms with Crippen molar-refractivity contribution in [2.75, 3.05) is 12.8 Å². The molecule has 0 saturated carbocycles. The molecule has 1 aliphatic rings. The van der Waals surface area contributed by atoms with E-state index < -0.39 is 11.7 Å². The molecule has 0 aromatic carbocycles. The number of aromatic nitrogens is 2. The van der Waals surface area contributed by atoms with Crippen LogP contribution in [0.5, 0.6) is 0 Å². The third kappa shape index (κ3) is 5.20. The summed E-state index contributed by atoms with van der Waals surface area (Å²) in [5.74, 6) is 0.743. The summed E-state index contributed by atoms with van der Waals surface area (Å²) < 4.78 is 5.27. The van der Waals surface area contributed by atoms with Gasteiger partial charge in [0.2, 0.25) is 5.91 Å². The molecular weight excluding hydrogens is 314 g/mol. The lowest BCUT2D eigenvalue weighted by Crippen LogP contribution is -2.37. The van der Waals surface area contributed by atoms with Crippen LogP contribution in [-0.2, 0) is 16.0 Å². The van der Waals surface area contributed by atoms with Crippen LogP contribution in [0.4, 0.5) is 4.79 Å². The van der Waals surface area contributed by atoms with Crippen molar-refractivity contribution in [1.82, 2.24) is 14.9 Å². The molecule has 2 amide bonds. The summed E-state index contributed by atoms with van der Waals surface area (Å²) in [6.07, 6.45) is 6.90. The number of rotatable bonds is 4. The number of likely N-dealkylation sites (tertiary alicyclic amines) is 1. The van der Waals surface area contributed by atoms with Gasteiger partial charge < -0.3 is 4.74 Å². The van der Waals surface area contributed by atoms with E-state index in [2.05, 4.69) is 9.97 Å². The summed E-state index contributed by atoms with van der Waals surface area (Å²) in [5, 5.41) is 0. The zero-order chi connectivity index (χ0) is 17.0. The predicted molar refractivity (Wildman–Crippen MR) is 88.2 cm³/mol. The molecule has 1 fully saturated rings. The number of aryl methyl sites for hydroxylation is 1. The molecule has 1 aromatic heterocycles. The van der Waals surface area contributed by atoms with Crippen molar-refractivity contribution in [1.29, 1.82) is 0 Å². The van der Waals surface area contributed by atoms with E-state index in [9.17, 15) is 9.59 Å². The lowest BCUT2D eigenvalue weighted by molar-refractivity contribution is -0.127. The molecule has 23 heavy (non-hydrogen) atoms. The van der Waals surface area contributed by atoms with E-state index in [0.29, 0.717) is 19.4 Å². The van der Waals surface area contributed by atoms with Crippen molar-refractivity contribution in [3.63, 3.8) is 0 Å². The minimum atomic E-state index is -0.595. The zero-order valence-electron chi connectivity index (χ0n) is 14.0. The Bertz CT molecular complexity index is 569. The van der Waals surface area contributed by atoms with Gasteiger partial charge in [0, 0.05) is 36.7 Å². The summed E-state index contributed by atoms with van der Waals surface area (Å²) in [6, 6.07) is 0. The zero-order valence-corrected chi connectivity index (χ0v) is 14.9. The first kappa shape index (κ1) is 17.7. The molecule has 6 nitrogen and oxygen atoms in total. The SMILES string of the molecule is CSc1cnc(CCC2CC(=O)N(C(=O)OC(C)(C)C)C2)nc1. The van der Waals surface area contributed by atoms with Crippen molar-refractivity contribution in [3.8, 4) is 0 Å². The number of thioether (sulfide) groups is 1. The highest BCUT2D eigenvalue weighted by atomic mass is 32.2. The largest absolute Gasteiger partial charge is 0.443 e. The Labute approximate surface area is 141 Å². The van der Waals surface area contributed by atoms with E-state index in [1.54, 1.807) is 44.9 Å². The normalized spacial score (nSPS) is 18.3. The van der Waals surface area contributed by atoms with E-state index in [4.69, 9.17) is 4.74 Å². The van der Waals surface area contributed by atoms with Crippen molar-refractivity contribution in [2.45, 2.75) is 50.5 Å². The van der Waals surface area contributed by atoms with Crippen LogP contribution in [0.3, 0.4) is 0 Å². The Morgan fingerprint density at radius 3 is 2.61 bits per heavy atom. The Hall–Kier alpha value is -1.63. The van der Waals surface area contributed by atoms with Crippen LogP contribution in [0.2, 0.25) is 0 Å². The molecule has 2 heterocycles. The highest BCUT2D eigenvalue weighted by Crippen LogP contribution is 2.24. The molecule has 7 heteroatoms. The van der Waals surface area contributed by atoms with Gasteiger partial charge in [-0.1, -0.05) is 0 Å². The number of amides is 2. The van der Waals surface area contributed by atoms with Crippen LogP contribution in [0, 0.1) is 5.92 Å². The molecule has 1 atom stereocenters. The van der Waals surface area contributed by atoms with Gasteiger partial charge in [-0.25, -0.2) is 19.7 Å². The molecule has 0 radical (unpaired) electrons. The fourth-order valence-corrected chi connectivity index (χ4v) is 2.70. The first-order chi connectivity index (χ1) is 10.8. The summed E-state index contributed by atoms with van der Waals surface area (Å²) >= 11 is 1.60. The van der Waals surface area contributed by atoms with Gasteiger partial charge in [0.1, 0.15) is 11.4 Å². The van der Waals surface area contributed by atoms with Crippen LogP contribution in [0.25, 0.3) is 0 Å². The highest BCUT2D eigenvalue weighted by Gasteiger charge is 2.36. The first-order valence-electron chi connectivity index (χ1n) is 7.67. The van der Waals surface area contributed by atoms with Crippen LogP contribution < -0.4 is 0 Å². The molecule has 0 spiro atoms. The third-order valence-electron chi connectivity index (χ3n) is 3.51. The van der Waals surface area contributed by atoms with Gasteiger partial charge in [-0.2, -0.15) is 0 Å². The van der Waals surface area contributed by atoms with Crippen molar-refractivity contribution < 1.29 is 14.3 Å². The molecule has 2 rings (SSSR count). The highest BCUT2D eigenvalue weighted by molar-refractivity contribution is 7.98. The van der Waals surface area contributed by atoms with E-state index in [1.165, 1.54) is 4.90 Å². The summed E-state index contributed by atoms with van der Waals surface area (Å²) in [4.78, 5) is 34.9. The number of hydrogen-bond acceptors (Lipinski definition) is 6. The molecule has 1 unspecified atom stereocenters. The first-order valence-corrected chi connectivity index (χ1v) is 8.89. The number of imide groups is 1. The summed E-state index contributed by atoms with van der Waals surface area (Å²) in [7, 11) is 0. The van der Waals surface area contributed by atoms with Gasteiger partial charge in [-0.3, -0.25) is 4.79 Å². The average molecular weight is 337 g/mol. The van der Waals surface area contributed by atoms with Crippen LogP contribution in [0.1, 0.15) is 39.4 Å². The molecule has 1 aliphatic heterocycles. The fraction of sp³-hybridized carbons (Fsp3) is 0.625. The molecule has 0 aliphatic carbocycles. The minimum Gasteiger partial charge on any atom is -0.443 e. The summed E-state index contributed by atoms with van der Waals surface area (Å²) in [5.41, 5.74) is -0.595. The number of hydrogen-bond donors (Lipinski definition) is 0. The van der Waals surface area contributed by atoms with Gasteiger partial charge in [0.05, 0.1) is 0 Å². The number of ether oxygens (including phenoxy) is 1.